The number of pyridine rings is 1. The molecule has 3 aromatic heterocycles. The van der Waals surface area contributed by atoms with Crippen LogP contribution in [0.5, 0.6) is 0 Å². The van der Waals surface area contributed by atoms with Crippen molar-refractivity contribution in [1.82, 2.24) is 19.5 Å². The van der Waals surface area contributed by atoms with Gasteiger partial charge in [-0.2, -0.15) is 0 Å². The Morgan fingerprint density at radius 1 is 1.00 bits per heavy atom. The number of hydrogen-bond acceptors (Lipinski definition) is 4. The second kappa shape index (κ2) is 7.20. The molecular formula is C26H23N5. The summed E-state index contributed by atoms with van der Waals surface area (Å²) < 4.78 is 2.15. The van der Waals surface area contributed by atoms with E-state index >= 15 is 0 Å². The molecule has 1 aliphatic carbocycles. The topological polar surface area (TPSA) is 55.6 Å². The number of nitrogens with one attached hydrogen (secondary N) is 1. The minimum absolute atomic E-state index is 0.259. The predicted octanol–water partition coefficient (Wildman–Crippen LogP) is 5.67. The van der Waals surface area contributed by atoms with Crippen molar-refractivity contribution in [3.63, 3.8) is 0 Å². The monoisotopic (exact) mass is 405 g/mol. The van der Waals surface area contributed by atoms with Crippen molar-refractivity contribution in [2.24, 2.45) is 7.05 Å². The highest BCUT2D eigenvalue weighted by molar-refractivity contribution is 5.97. The zero-order chi connectivity index (χ0) is 20.8. The molecule has 1 unspecified atom stereocenters. The molecule has 1 aliphatic rings. The van der Waals surface area contributed by atoms with Gasteiger partial charge in [0.25, 0.3) is 0 Å². The van der Waals surface area contributed by atoms with Gasteiger partial charge in [-0.1, -0.05) is 12.1 Å². The molecule has 3 heterocycles. The third kappa shape index (κ3) is 3.13. The van der Waals surface area contributed by atoms with Crippen LogP contribution in [0, 0.1) is 0 Å². The van der Waals surface area contributed by atoms with Gasteiger partial charge in [-0.15, -0.1) is 0 Å². The Morgan fingerprint density at radius 3 is 2.90 bits per heavy atom. The van der Waals surface area contributed by atoms with Gasteiger partial charge in [0.15, 0.2) is 0 Å². The van der Waals surface area contributed by atoms with Crippen LogP contribution in [-0.4, -0.2) is 19.5 Å². The van der Waals surface area contributed by atoms with Gasteiger partial charge in [-0.25, -0.2) is 0 Å². The Kier molecular flexibility index (Phi) is 4.20. The van der Waals surface area contributed by atoms with Crippen LogP contribution >= 0.6 is 0 Å². The first-order valence-electron chi connectivity index (χ1n) is 10.8. The molecule has 5 nitrogen and oxygen atoms in total. The Bertz CT molecular complexity index is 1420. The molecule has 5 aromatic rings. The number of benzene rings is 2. The van der Waals surface area contributed by atoms with E-state index in [1.54, 1.807) is 12.4 Å². The van der Waals surface area contributed by atoms with Crippen molar-refractivity contribution in [3.05, 3.63) is 84.6 Å². The van der Waals surface area contributed by atoms with Crippen molar-refractivity contribution >= 4 is 27.6 Å². The molecule has 6 rings (SSSR count). The Labute approximate surface area is 180 Å². The number of hydrogen-bond donors (Lipinski definition) is 1. The summed E-state index contributed by atoms with van der Waals surface area (Å²) in [7, 11) is 2.08. The number of aryl methyl sites for hydroxylation is 2. The fraction of sp³-hybridized carbons (Fsp3) is 0.192. The van der Waals surface area contributed by atoms with Crippen LogP contribution in [0.4, 0.5) is 5.69 Å². The number of anilines is 1. The molecule has 5 heteroatoms. The Morgan fingerprint density at radius 2 is 1.94 bits per heavy atom. The first kappa shape index (κ1) is 18.1. The minimum Gasteiger partial charge on any atom is -0.378 e. The lowest BCUT2D eigenvalue weighted by molar-refractivity contribution is 0.597. The van der Waals surface area contributed by atoms with Gasteiger partial charge in [0.2, 0.25) is 0 Å². The smallest absolute Gasteiger partial charge is 0.0966 e. The van der Waals surface area contributed by atoms with Crippen molar-refractivity contribution in [2.45, 2.75) is 25.3 Å². The molecule has 0 bridgehead atoms. The highest BCUT2D eigenvalue weighted by Gasteiger charge is 2.21. The highest BCUT2D eigenvalue weighted by Crippen LogP contribution is 2.36. The summed E-state index contributed by atoms with van der Waals surface area (Å²) in [4.78, 5) is 13.7. The van der Waals surface area contributed by atoms with Gasteiger partial charge >= 0.3 is 0 Å². The first-order valence-corrected chi connectivity index (χ1v) is 10.8. The second-order valence-corrected chi connectivity index (χ2v) is 8.31. The number of fused-ring (bicyclic) bond motifs is 3. The summed E-state index contributed by atoms with van der Waals surface area (Å²) in [6.07, 6.45) is 12.9. The fourth-order valence-electron chi connectivity index (χ4n) is 4.79. The van der Waals surface area contributed by atoms with Crippen LogP contribution < -0.4 is 5.32 Å². The van der Waals surface area contributed by atoms with E-state index in [0.29, 0.717) is 0 Å². The quantitative estimate of drug-likeness (QED) is 0.420. The summed E-state index contributed by atoms with van der Waals surface area (Å²) in [5, 5.41) is 5.01. The molecule has 0 fully saturated rings. The largest absolute Gasteiger partial charge is 0.378 e. The molecule has 0 spiro atoms. The summed E-state index contributed by atoms with van der Waals surface area (Å²) in [6, 6.07) is 15.5. The van der Waals surface area contributed by atoms with Crippen LogP contribution in [0.1, 0.15) is 30.0 Å². The number of rotatable bonds is 3. The van der Waals surface area contributed by atoms with E-state index in [4.69, 9.17) is 0 Å². The van der Waals surface area contributed by atoms with Crippen molar-refractivity contribution in [1.29, 1.82) is 0 Å². The van der Waals surface area contributed by atoms with Crippen LogP contribution in [0.25, 0.3) is 33.1 Å². The molecule has 2 aromatic carbocycles. The molecule has 1 atom stereocenters. The molecule has 152 valence electrons. The minimum atomic E-state index is 0.259. The molecular weight excluding hydrogens is 382 g/mol. The lowest BCUT2D eigenvalue weighted by Crippen LogP contribution is -2.17. The van der Waals surface area contributed by atoms with E-state index in [1.165, 1.54) is 28.5 Å². The maximum atomic E-state index is 4.66. The number of aromatic nitrogens is 4. The zero-order valence-corrected chi connectivity index (χ0v) is 17.4. The summed E-state index contributed by atoms with van der Waals surface area (Å²) in [5.74, 6) is 0. The highest BCUT2D eigenvalue weighted by atomic mass is 14.9. The van der Waals surface area contributed by atoms with Gasteiger partial charge in [0, 0.05) is 54.8 Å². The molecule has 0 saturated carbocycles. The van der Waals surface area contributed by atoms with E-state index in [-0.39, 0.29) is 6.04 Å². The van der Waals surface area contributed by atoms with Gasteiger partial charge in [-0.3, -0.25) is 15.0 Å². The maximum Gasteiger partial charge on any atom is 0.0966 e. The molecule has 0 amide bonds. The summed E-state index contributed by atoms with van der Waals surface area (Å²) in [6.45, 7) is 0. The molecule has 0 radical (unpaired) electrons. The van der Waals surface area contributed by atoms with Crippen LogP contribution in [0.2, 0.25) is 0 Å². The Balaban J connectivity index is 1.47. The van der Waals surface area contributed by atoms with E-state index < -0.39 is 0 Å². The van der Waals surface area contributed by atoms with Crippen molar-refractivity contribution in [3.8, 4) is 11.1 Å². The lowest BCUT2D eigenvalue weighted by Gasteiger charge is -2.27. The first-order chi connectivity index (χ1) is 15.3. The van der Waals surface area contributed by atoms with Gasteiger partial charge in [-0.05, 0) is 71.7 Å². The van der Waals surface area contributed by atoms with Gasteiger partial charge < -0.3 is 9.88 Å². The van der Waals surface area contributed by atoms with Gasteiger partial charge in [0.05, 0.1) is 17.1 Å². The summed E-state index contributed by atoms with van der Waals surface area (Å²) in [5.41, 5.74) is 9.04. The zero-order valence-electron chi connectivity index (χ0n) is 17.4. The van der Waals surface area contributed by atoms with Crippen molar-refractivity contribution in [2.75, 3.05) is 5.32 Å². The van der Waals surface area contributed by atoms with E-state index in [2.05, 4.69) is 80.5 Å². The van der Waals surface area contributed by atoms with Crippen LogP contribution in [0.3, 0.4) is 0 Å². The van der Waals surface area contributed by atoms with Crippen LogP contribution in [-0.2, 0) is 13.5 Å². The Hall–Kier alpha value is -3.73. The molecule has 0 aliphatic heterocycles. The fourth-order valence-corrected chi connectivity index (χ4v) is 4.79. The average molecular weight is 406 g/mol. The average Bonchev–Trinajstić information content (AvgIpc) is 3.19. The van der Waals surface area contributed by atoms with Crippen LogP contribution in [0.15, 0.2) is 73.4 Å². The van der Waals surface area contributed by atoms with E-state index in [9.17, 15) is 0 Å². The SMILES string of the molecule is Cn1ccc2ccc(-c3cc(NC4CCCc5ccncc54)cc4nccnc34)cc21. The maximum absolute atomic E-state index is 4.66. The lowest BCUT2D eigenvalue weighted by atomic mass is 9.89. The number of nitrogens with zero attached hydrogens (tertiary/aromatic N) is 4. The third-order valence-corrected chi connectivity index (χ3v) is 6.37. The standard InChI is InChI=1S/C26H23N5/c1-31-12-8-18-5-6-19(13-25(18)31)21-14-20(15-24-26(21)29-11-10-28-24)30-23-4-2-3-17-7-9-27-16-22(17)23/h5-16,23,30H,2-4H2,1H3. The molecule has 31 heavy (non-hydrogen) atoms. The van der Waals surface area contributed by atoms with E-state index in [0.717, 1.165) is 40.7 Å². The van der Waals surface area contributed by atoms with Crippen molar-refractivity contribution < 1.29 is 0 Å². The summed E-state index contributed by atoms with van der Waals surface area (Å²) >= 11 is 0. The third-order valence-electron chi connectivity index (χ3n) is 6.37. The van der Waals surface area contributed by atoms with E-state index in [1.807, 2.05) is 12.4 Å². The molecule has 0 saturated heterocycles. The van der Waals surface area contributed by atoms with Gasteiger partial charge in [0.1, 0.15) is 0 Å². The predicted molar refractivity (Wildman–Crippen MR) is 125 cm³/mol. The second-order valence-electron chi connectivity index (χ2n) is 8.31. The molecule has 1 N–H and O–H groups in total. The normalized spacial score (nSPS) is 15.8.